The smallest absolute Gasteiger partial charge is 0.283 e. The molecule has 0 aliphatic heterocycles. The molecule has 0 aliphatic carbocycles. The molecular weight excluding hydrogens is 305 g/mol. The number of aliphatic hydroxyl groups is 1. The van der Waals surface area contributed by atoms with Crippen molar-refractivity contribution in [1.29, 1.82) is 5.26 Å². The predicted octanol–water partition coefficient (Wildman–Crippen LogP) is 4.72. The first-order valence-electron chi connectivity index (χ1n) is 6.63. The molecule has 0 aromatic heterocycles. The van der Waals surface area contributed by atoms with Gasteiger partial charge in [-0.2, -0.15) is 5.26 Å². The largest absolute Gasteiger partial charge is 0.443 e. The van der Waals surface area contributed by atoms with Gasteiger partial charge >= 0.3 is 92.4 Å². The van der Waals surface area contributed by atoms with E-state index in [-0.39, 0.29) is 0 Å². The summed E-state index contributed by atoms with van der Waals surface area (Å²) in [5, 5.41) is 13.8. The second kappa shape index (κ2) is 17.5. The van der Waals surface area contributed by atoms with Crippen LogP contribution in [0.5, 0.6) is 0 Å². The van der Waals surface area contributed by atoms with Crippen LogP contribution in [0.4, 0.5) is 0 Å². The predicted molar refractivity (Wildman–Crippen MR) is 72.4 cm³/mol. The van der Waals surface area contributed by atoms with E-state index >= 15 is 0 Å². The number of rotatable bonds is 9. The van der Waals surface area contributed by atoms with E-state index in [1.807, 2.05) is 0 Å². The van der Waals surface area contributed by atoms with E-state index in [0.717, 1.165) is 6.26 Å². The molecule has 0 saturated heterocycles. The Morgan fingerprint density at radius 3 is 1.31 bits per heavy atom. The first kappa shape index (κ1) is 18.5. The topological polar surface area (TPSA) is 44.0 Å². The minimum atomic E-state index is -0.839. The third-order valence-corrected chi connectivity index (χ3v) is 11.7. The number of nitriles is 1. The van der Waals surface area contributed by atoms with Crippen LogP contribution in [-0.2, 0) is 0 Å². The molecule has 0 unspecified atom stereocenters. The van der Waals surface area contributed by atoms with Gasteiger partial charge in [0.25, 0.3) is 6.26 Å². The molecule has 2 nitrogen and oxygen atoms in total. The average molecular weight is 333 g/mol. The van der Waals surface area contributed by atoms with Crippen LogP contribution in [0.15, 0.2) is 0 Å². The Kier molecular flexibility index (Phi) is 20.2. The van der Waals surface area contributed by atoms with Crippen LogP contribution in [0, 0.1) is 11.5 Å². The summed E-state index contributed by atoms with van der Waals surface area (Å²) in [6, 6.07) is 0. The van der Waals surface area contributed by atoms with Crippen molar-refractivity contribution in [3.8, 4) is 6.26 Å². The van der Waals surface area contributed by atoms with Crippen LogP contribution in [0.1, 0.15) is 59.3 Å². The molecule has 3 heteroatoms. The molecule has 0 heterocycles. The van der Waals surface area contributed by atoms with Crippen LogP contribution < -0.4 is 0 Å². The first-order chi connectivity index (χ1) is 7.76. The fraction of sp³-hybridized carbons (Fsp3) is 0.923. The Morgan fingerprint density at radius 2 is 1.12 bits per heavy atom. The van der Waals surface area contributed by atoms with E-state index in [0.29, 0.717) is 0 Å². The van der Waals surface area contributed by atoms with Gasteiger partial charge < -0.3 is 5.11 Å². The van der Waals surface area contributed by atoms with Gasteiger partial charge in [-0.3, -0.25) is 0 Å². The summed E-state index contributed by atoms with van der Waals surface area (Å²) in [6.45, 7) is 7.00. The summed E-state index contributed by atoms with van der Waals surface area (Å²) in [5.41, 5.74) is 0. The number of nitrogens with zero attached hydrogens (tertiary/aromatic N) is 1. The Morgan fingerprint density at radius 1 is 0.875 bits per heavy atom. The normalized spacial score (nSPS) is 9.44. The molecule has 0 fully saturated rings. The molecule has 0 aromatic carbocycles. The van der Waals surface area contributed by atoms with Crippen LogP contribution >= 0.6 is 0 Å². The molecule has 1 radical (unpaired) electrons. The van der Waals surface area contributed by atoms with Gasteiger partial charge in [-0.1, -0.05) is 0 Å². The maximum absolute atomic E-state index is 6.88. The fourth-order valence-electron chi connectivity index (χ4n) is 1.66. The van der Waals surface area contributed by atoms with Crippen molar-refractivity contribution >= 4 is 19.8 Å². The molecule has 0 bridgehead atoms. The molecule has 0 rings (SSSR count). The van der Waals surface area contributed by atoms with Gasteiger partial charge in [0.15, 0.2) is 0 Å². The van der Waals surface area contributed by atoms with Crippen molar-refractivity contribution in [3.05, 3.63) is 0 Å². The van der Waals surface area contributed by atoms with E-state index < -0.39 is 19.8 Å². The Labute approximate surface area is 109 Å². The summed E-state index contributed by atoms with van der Waals surface area (Å²) in [4.78, 5) is 0. The van der Waals surface area contributed by atoms with Crippen LogP contribution in [0.25, 0.3) is 0 Å². The monoisotopic (exact) mass is 334 g/mol. The number of aliphatic hydroxyl groups excluding tert-OH is 1. The second-order valence-corrected chi connectivity index (χ2v) is 12.7. The van der Waals surface area contributed by atoms with Crippen LogP contribution in [0.3, 0.4) is 0 Å². The van der Waals surface area contributed by atoms with E-state index in [1.165, 1.54) is 38.5 Å². The first-order valence-corrected chi connectivity index (χ1v) is 12.7. The van der Waals surface area contributed by atoms with Crippen LogP contribution in [-0.4, -0.2) is 24.9 Å². The molecular formula is C13H28NOSn. The third kappa shape index (κ3) is 16.5. The maximum atomic E-state index is 6.88. The molecule has 0 amide bonds. The number of hydrogen-bond donors (Lipinski definition) is 1. The SMILES string of the molecule is CCC[CH2][Sn]([CH2]CCC)[CH2]CCC.N#CO. The number of unbranched alkanes of at least 4 members (excludes halogenated alkanes) is 3. The zero-order chi connectivity index (χ0) is 12.6. The molecule has 1 N–H and O–H groups in total. The number of hydrogen-bond acceptors (Lipinski definition) is 2. The summed E-state index contributed by atoms with van der Waals surface area (Å²) >= 11 is -0.839. The summed E-state index contributed by atoms with van der Waals surface area (Å²) in [6.07, 6.45) is 9.60. The standard InChI is InChI=1S/3C4H9.CHNO.Sn/c3*1-3-4-2;2-1-3;/h3*1,3-4H2,2H3;3H;. The fourth-order valence-corrected chi connectivity index (χ4v) is 11.1. The summed E-state index contributed by atoms with van der Waals surface area (Å²) in [7, 11) is 0. The minimum Gasteiger partial charge on any atom is -0.443 e. The molecule has 0 aliphatic rings. The molecule has 95 valence electrons. The second-order valence-electron chi connectivity index (χ2n) is 4.16. The minimum absolute atomic E-state index is 0.750. The van der Waals surface area contributed by atoms with Crippen LogP contribution in [0.2, 0.25) is 13.3 Å². The van der Waals surface area contributed by atoms with E-state index in [9.17, 15) is 0 Å². The summed E-state index contributed by atoms with van der Waals surface area (Å²) in [5.74, 6) is 0. The van der Waals surface area contributed by atoms with Crippen molar-refractivity contribution in [2.24, 2.45) is 0 Å². The van der Waals surface area contributed by atoms with Gasteiger partial charge in [0.2, 0.25) is 0 Å². The zero-order valence-electron chi connectivity index (χ0n) is 11.3. The van der Waals surface area contributed by atoms with Crippen molar-refractivity contribution in [2.45, 2.75) is 72.6 Å². The molecule has 0 aromatic rings. The van der Waals surface area contributed by atoms with E-state index in [2.05, 4.69) is 20.8 Å². The molecule has 16 heavy (non-hydrogen) atoms. The zero-order valence-corrected chi connectivity index (χ0v) is 14.1. The van der Waals surface area contributed by atoms with Gasteiger partial charge in [-0.25, -0.2) is 0 Å². The Balaban J connectivity index is 0. The quantitative estimate of drug-likeness (QED) is 0.490. The maximum Gasteiger partial charge on any atom is 0.283 e. The summed E-state index contributed by atoms with van der Waals surface area (Å²) < 4.78 is 5.04. The average Bonchev–Trinajstić information content (AvgIpc) is 2.29. The van der Waals surface area contributed by atoms with Crippen molar-refractivity contribution < 1.29 is 5.11 Å². The van der Waals surface area contributed by atoms with Crippen molar-refractivity contribution in [3.63, 3.8) is 0 Å². The van der Waals surface area contributed by atoms with E-state index in [1.54, 1.807) is 13.3 Å². The molecule has 0 atom stereocenters. The molecule has 0 spiro atoms. The Bertz CT molecular complexity index is 137. The van der Waals surface area contributed by atoms with Crippen molar-refractivity contribution in [2.75, 3.05) is 0 Å². The van der Waals surface area contributed by atoms with Gasteiger partial charge in [-0.05, 0) is 0 Å². The third-order valence-electron chi connectivity index (χ3n) is 2.65. The Hall–Kier alpha value is 0.0887. The van der Waals surface area contributed by atoms with Gasteiger partial charge in [0, 0.05) is 0 Å². The molecule has 0 saturated carbocycles. The van der Waals surface area contributed by atoms with Gasteiger partial charge in [0.05, 0.1) is 0 Å². The van der Waals surface area contributed by atoms with Gasteiger partial charge in [0.1, 0.15) is 0 Å². The van der Waals surface area contributed by atoms with E-state index in [4.69, 9.17) is 10.4 Å². The van der Waals surface area contributed by atoms with Gasteiger partial charge in [-0.15, -0.1) is 0 Å². The van der Waals surface area contributed by atoms with Crippen molar-refractivity contribution in [1.82, 2.24) is 0 Å².